The quantitative estimate of drug-likeness (QED) is 0.872. The molecule has 1 amide bonds. The highest BCUT2D eigenvalue weighted by molar-refractivity contribution is 5.92. The van der Waals surface area contributed by atoms with E-state index in [0.29, 0.717) is 24.1 Å². The van der Waals surface area contributed by atoms with Gasteiger partial charge in [-0.15, -0.1) is 0 Å². The Bertz CT molecular complexity index is 746. The molecule has 0 unspecified atom stereocenters. The highest BCUT2D eigenvalue weighted by Gasteiger charge is 2.34. The van der Waals surface area contributed by atoms with Crippen molar-refractivity contribution in [2.75, 3.05) is 0 Å². The first-order chi connectivity index (χ1) is 11.1. The minimum absolute atomic E-state index is 0.0477. The summed E-state index contributed by atoms with van der Waals surface area (Å²) < 4.78 is 7.26. The third-order valence-corrected chi connectivity index (χ3v) is 4.59. The number of hydrogen-bond acceptors (Lipinski definition) is 3. The molecule has 1 aliphatic heterocycles. The summed E-state index contributed by atoms with van der Waals surface area (Å²) in [5.41, 5.74) is -0.0870. The van der Waals surface area contributed by atoms with Gasteiger partial charge in [-0.25, -0.2) is 0 Å². The molecule has 0 N–H and O–H groups in total. The lowest BCUT2D eigenvalue weighted by molar-refractivity contribution is 0.0641. The Morgan fingerprint density at radius 2 is 2.09 bits per heavy atom. The van der Waals surface area contributed by atoms with E-state index in [9.17, 15) is 9.59 Å². The fourth-order valence-electron chi connectivity index (χ4n) is 3.30. The van der Waals surface area contributed by atoms with Crippen molar-refractivity contribution in [2.45, 2.75) is 51.7 Å². The van der Waals surface area contributed by atoms with Crippen molar-refractivity contribution in [1.82, 2.24) is 9.47 Å². The van der Waals surface area contributed by atoms with Crippen LogP contribution in [0.2, 0.25) is 0 Å². The molecular weight excluding hydrogens is 292 g/mol. The smallest absolute Gasteiger partial charge is 0.290 e. The Morgan fingerprint density at radius 3 is 2.83 bits per heavy atom. The maximum Gasteiger partial charge on any atom is 0.290 e. The fourth-order valence-corrected chi connectivity index (χ4v) is 3.30. The van der Waals surface area contributed by atoms with E-state index in [1.807, 2.05) is 4.90 Å². The van der Waals surface area contributed by atoms with Crippen LogP contribution in [-0.4, -0.2) is 27.5 Å². The molecule has 1 fully saturated rings. The number of likely N-dealkylation sites (tertiary alicyclic amines) is 1. The SMILES string of the molecule is CC[C@H]1CC[C@H](C)N1C(=O)c1ccc(Cn2ccccc2=O)o1. The van der Waals surface area contributed by atoms with E-state index in [0.717, 1.165) is 19.3 Å². The molecule has 5 nitrogen and oxygen atoms in total. The molecule has 0 saturated carbocycles. The summed E-state index contributed by atoms with van der Waals surface area (Å²) in [6.07, 6.45) is 4.76. The zero-order chi connectivity index (χ0) is 16.4. The van der Waals surface area contributed by atoms with Crippen LogP contribution in [0, 0.1) is 0 Å². The number of rotatable bonds is 4. The summed E-state index contributed by atoms with van der Waals surface area (Å²) >= 11 is 0. The van der Waals surface area contributed by atoms with Crippen LogP contribution in [-0.2, 0) is 6.54 Å². The van der Waals surface area contributed by atoms with Gasteiger partial charge in [0.2, 0.25) is 0 Å². The number of carbonyl (C=O) groups excluding carboxylic acids is 1. The molecule has 2 atom stereocenters. The lowest BCUT2D eigenvalue weighted by Crippen LogP contribution is -2.39. The summed E-state index contributed by atoms with van der Waals surface area (Å²) in [6, 6.07) is 9.04. The molecule has 3 rings (SSSR count). The van der Waals surface area contributed by atoms with Crippen molar-refractivity contribution in [3.8, 4) is 0 Å². The van der Waals surface area contributed by atoms with Crippen LogP contribution in [0.4, 0.5) is 0 Å². The first kappa shape index (κ1) is 15.6. The van der Waals surface area contributed by atoms with Gasteiger partial charge in [0.05, 0.1) is 6.54 Å². The molecule has 0 radical (unpaired) electrons. The highest BCUT2D eigenvalue weighted by atomic mass is 16.4. The van der Waals surface area contributed by atoms with Crippen molar-refractivity contribution in [3.63, 3.8) is 0 Å². The number of furan rings is 1. The Kier molecular flexibility index (Phi) is 4.37. The van der Waals surface area contributed by atoms with Gasteiger partial charge < -0.3 is 13.9 Å². The van der Waals surface area contributed by atoms with Crippen molar-refractivity contribution in [3.05, 3.63) is 58.4 Å². The molecule has 0 aliphatic carbocycles. The minimum atomic E-state index is -0.0870. The van der Waals surface area contributed by atoms with Gasteiger partial charge in [-0.1, -0.05) is 13.0 Å². The van der Waals surface area contributed by atoms with Gasteiger partial charge in [-0.2, -0.15) is 0 Å². The molecule has 1 aliphatic rings. The zero-order valence-electron chi connectivity index (χ0n) is 13.6. The topological polar surface area (TPSA) is 55.5 Å². The standard InChI is InChI=1S/C18H22N2O3/c1-3-14-8-7-13(2)20(14)18(22)16-10-9-15(23-16)12-19-11-5-4-6-17(19)21/h4-6,9-11,13-14H,3,7-8,12H2,1-2H3/t13-,14-/m0/s1. The van der Waals surface area contributed by atoms with Crippen LogP contribution in [0.3, 0.4) is 0 Å². The van der Waals surface area contributed by atoms with Crippen molar-refractivity contribution < 1.29 is 9.21 Å². The number of pyridine rings is 1. The van der Waals surface area contributed by atoms with Crippen LogP contribution < -0.4 is 5.56 Å². The predicted octanol–water partition coefficient (Wildman–Crippen LogP) is 2.89. The van der Waals surface area contributed by atoms with Crippen LogP contribution in [0.25, 0.3) is 0 Å². The van der Waals surface area contributed by atoms with Gasteiger partial charge in [0, 0.05) is 24.3 Å². The maximum absolute atomic E-state index is 12.7. The van der Waals surface area contributed by atoms with Gasteiger partial charge in [-0.05, 0) is 44.4 Å². The van der Waals surface area contributed by atoms with E-state index < -0.39 is 0 Å². The molecule has 0 bridgehead atoms. The molecule has 2 aromatic heterocycles. The third kappa shape index (κ3) is 3.09. The van der Waals surface area contributed by atoms with Crippen molar-refractivity contribution >= 4 is 5.91 Å². The third-order valence-electron chi connectivity index (χ3n) is 4.59. The van der Waals surface area contributed by atoms with Crippen LogP contribution in [0.15, 0.2) is 45.7 Å². The Balaban J connectivity index is 1.78. The summed E-state index contributed by atoms with van der Waals surface area (Å²) in [4.78, 5) is 26.4. The zero-order valence-corrected chi connectivity index (χ0v) is 13.6. The summed E-state index contributed by atoms with van der Waals surface area (Å²) in [5.74, 6) is 0.922. The molecule has 5 heteroatoms. The molecule has 0 aromatic carbocycles. The van der Waals surface area contributed by atoms with Gasteiger partial charge in [-0.3, -0.25) is 9.59 Å². The largest absolute Gasteiger partial charge is 0.454 e. The number of aromatic nitrogens is 1. The Hall–Kier alpha value is -2.30. The second kappa shape index (κ2) is 6.44. The predicted molar refractivity (Wildman–Crippen MR) is 87.5 cm³/mol. The van der Waals surface area contributed by atoms with E-state index in [1.54, 1.807) is 35.0 Å². The summed E-state index contributed by atoms with van der Waals surface area (Å²) in [5, 5.41) is 0. The van der Waals surface area contributed by atoms with Gasteiger partial charge >= 0.3 is 0 Å². The van der Waals surface area contributed by atoms with Crippen LogP contribution >= 0.6 is 0 Å². The molecule has 0 spiro atoms. The normalized spacial score (nSPS) is 20.9. The second-order valence-electron chi connectivity index (χ2n) is 6.13. The molecule has 1 saturated heterocycles. The van der Waals surface area contributed by atoms with Crippen molar-refractivity contribution in [2.24, 2.45) is 0 Å². The van der Waals surface area contributed by atoms with E-state index in [-0.39, 0.29) is 17.5 Å². The number of amides is 1. The lowest BCUT2D eigenvalue weighted by Gasteiger charge is -2.26. The van der Waals surface area contributed by atoms with E-state index in [4.69, 9.17) is 4.42 Å². The number of nitrogens with zero attached hydrogens (tertiary/aromatic N) is 2. The first-order valence-corrected chi connectivity index (χ1v) is 8.17. The van der Waals surface area contributed by atoms with E-state index in [2.05, 4.69) is 13.8 Å². The first-order valence-electron chi connectivity index (χ1n) is 8.17. The average molecular weight is 314 g/mol. The molecule has 3 heterocycles. The van der Waals surface area contributed by atoms with Crippen LogP contribution in [0.1, 0.15) is 49.4 Å². The maximum atomic E-state index is 12.7. The fraction of sp³-hybridized carbons (Fsp3) is 0.444. The van der Waals surface area contributed by atoms with E-state index >= 15 is 0 Å². The monoisotopic (exact) mass is 314 g/mol. The molecule has 122 valence electrons. The number of hydrogen-bond donors (Lipinski definition) is 0. The summed E-state index contributed by atoms with van der Waals surface area (Å²) in [7, 11) is 0. The number of carbonyl (C=O) groups is 1. The van der Waals surface area contributed by atoms with Gasteiger partial charge in [0.1, 0.15) is 5.76 Å². The Labute approximate surface area is 135 Å². The van der Waals surface area contributed by atoms with E-state index in [1.165, 1.54) is 6.07 Å². The molecule has 23 heavy (non-hydrogen) atoms. The second-order valence-corrected chi connectivity index (χ2v) is 6.13. The van der Waals surface area contributed by atoms with Gasteiger partial charge in [0.25, 0.3) is 11.5 Å². The van der Waals surface area contributed by atoms with Crippen molar-refractivity contribution in [1.29, 1.82) is 0 Å². The van der Waals surface area contributed by atoms with Gasteiger partial charge in [0.15, 0.2) is 5.76 Å². The molecule has 2 aromatic rings. The molecular formula is C18H22N2O3. The highest BCUT2D eigenvalue weighted by Crippen LogP contribution is 2.28. The average Bonchev–Trinajstić information content (AvgIpc) is 3.15. The Morgan fingerprint density at radius 1 is 1.26 bits per heavy atom. The minimum Gasteiger partial charge on any atom is -0.454 e. The lowest BCUT2D eigenvalue weighted by atomic mass is 10.1. The van der Waals surface area contributed by atoms with Crippen LogP contribution in [0.5, 0.6) is 0 Å². The summed E-state index contributed by atoms with van der Waals surface area (Å²) in [6.45, 7) is 4.53.